The Morgan fingerprint density at radius 2 is 1.81 bits per heavy atom. The maximum Gasteiger partial charge on any atom is 0.238 e. The van der Waals surface area contributed by atoms with E-state index in [-0.39, 0.29) is 11.7 Å². The standard InChI is InChI=1S/C17H24N2O2/c1-12-8-13(2)10-19(9-12)11-17(21)18-16-7-5-4-6-15(16)14(3)20/h4-7,12-13H,8-11H2,1-3H3,(H,18,21). The number of hydrogen-bond acceptors (Lipinski definition) is 3. The summed E-state index contributed by atoms with van der Waals surface area (Å²) in [5.74, 6) is 1.17. The Labute approximate surface area is 126 Å². The van der Waals surface area contributed by atoms with Gasteiger partial charge in [-0.25, -0.2) is 0 Å². The van der Waals surface area contributed by atoms with Crippen molar-refractivity contribution in [1.82, 2.24) is 4.90 Å². The largest absolute Gasteiger partial charge is 0.324 e. The molecular weight excluding hydrogens is 264 g/mol. The van der Waals surface area contributed by atoms with Gasteiger partial charge in [-0.3, -0.25) is 14.5 Å². The second-order valence-electron chi connectivity index (χ2n) is 6.29. The average Bonchev–Trinajstić information content (AvgIpc) is 2.37. The molecule has 1 N–H and O–H groups in total. The van der Waals surface area contributed by atoms with Crippen LogP contribution >= 0.6 is 0 Å². The van der Waals surface area contributed by atoms with Crippen LogP contribution in [0.4, 0.5) is 5.69 Å². The molecule has 2 unspecified atom stereocenters. The zero-order chi connectivity index (χ0) is 15.4. The molecule has 0 radical (unpaired) electrons. The van der Waals surface area contributed by atoms with E-state index in [0.717, 1.165) is 13.1 Å². The van der Waals surface area contributed by atoms with Crippen LogP contribution in [0.3, 0.4) is 0 Å². The second-order valence-corrected chi connectivity index (χ2v) is 6.29. The van der Waals surface area contributed by atoms with E-state index in [4.69, 9.17) is 0 Å². The van der Waals surface area contributed by atoms with Crippen molar-refractivity contribution >= 4 is 17.4 Å². The third kappa shape index (κ3) is 4.39. The zero-order valence-corrected chi connectivity index (χ0v) is 13.1. The van der Waals surface area contributed by atoms with Gasteiger partial charge in [0.15, 0.2) is 5.78 Å². The first-order valence-electron chi connectivity index (χ1n) is 7.58. The fraction of sp³-hybridized carbons (Fsp3) is 0.529. The number of nitrogens with one attached hydrogen (secondary N) is 1. The average molecular weight is 288 g/mol. The smallest absolute Gasteiger partial charge is 0.238 e. The SMILES string of the molecule is CC(=O)c1ccccc1NC(=O)CN1CC(C)CC(C)C1. The quantitative estimate of drug-likeness (QED) is 0.867. The number of ketones is 1. The van der Waals surface area contributed by atoms with E-state index in [1.165, 1.54) is 13.3 Å². The monoisotopic (exact) mass is 288 g/mol. The molecule has 21 heavy (non-hydrogen) atoms. The van der Waals surface area contributed by atoms with Crippen LogP contribution in [0.15, 0.2) is 24.3 Å². The first-order chi connectivity index (χ1) is 9.95. The van der Waals surface area contributed by atoms with E-state index >= 15 is 0 Å². The van der Waals surface area contributed by atoms with Gasteiger partial charge in [0.25, 0.3) is 0 Å². The van der Waals surface area contributed by atoms with Gasteiger partial charge < -0.3 is 5.32 Å². The fourth-order valence-electron chi connectivity index (χ4n) is 3.21. The van der Waals surface area contributed by atoms with Gasteiger partial charge in [0.05, 0.1) is 12.2 Å². The van der Waals surface area contributed by atoms with Gasteiger partial charge in [0.2, 0.25) is 5.91 Å². The number of benzene rings is 1. The van der Waals surface area contributed by atoms with Crippen molar-refractivity contribution in [2.24, 2.45) is 11.8 Å². The van der Waals surface area contributed by atoms with E-state index in [1.54, 1.807) is 18.2 Å². The van der Waals surface area contributed by atoms with Gasteiger partial charge in [-0.15, -0.1) is 0 Å². The van der Waals surface area contributed by atoms with Crippen LogP contribution in [0.25, 0.3) is 0 Å². The fourth-order valence-corrected chi connectivity index (χ4v) is 3.21. The molecule has 2 rings (SSSR count). The first-order valence-corrected chi connectivity index (χ1v) is 7.58. The third-order valence-corrected chi connectivity index (χ3v) is 3.89. The molecule has 1 aromatic carbocycles. The lowest BCUT2D eigenvalue weighted by atomic mass is 9.92. The molecule has 0 saturated carbocycles. The number of carbonyl (C=O) groups is 2. The van der Waals surface area contributed by atoms with Gasteiger partial charge in [-0.2, -0.15) is 0 Å². The number of rotatable bonds is 4. The summed E-state index contributed by atoms with van der Waals surface area (Å²) in [5.41, 5.74) is 1.17. The summed E-state index contributed by atoms with van der Waals surface area (Å²) in [6.07, 6.45) is 1.23. The molecule has 0 bridgehead atoms. The van der Waals surface area contributed by atoms with Gasteiger partial charge in [-0.05, 0) is 37.3 Å². The summed E-state index contributed by atoms with van der Waals surface area (Å²) in [5, 5.41) is 2.87. The zero-order valence-electron chi connectivity index (χ0n) is 13.1. The molecule has 1 fully saturated rings. The molecule has 1 heterocycles. The number of likely N-dealkylation sites (tertiary alicyclic amines) is 1. The number of anilines is 1. The second kappa shape index (κ2) is 6.85. The molecule has 1 saturated heterocycles. The normalized spacial score (nSPS) is 22.8. The highest BCUT2D eigenvalue weighted by molar-refractivity contribution is 6.04. The van der Waals surface area contributed by atoms with Crippen molar-refractivity contribution in [3.8, 4) is 0 Å². The first kappa shape index (κ1) is 15.7. The van der Waals surface area contributed by atoms with E-state index < -0.39 is 0 Å². The van der Waals surface area contributed by atoms with Crippen molar-refractivity contribution in [2.45, 2.75) is 27.2 Å². The van der Waals surface area contributed by atoms with Crippen molar-refractivity contribution in [2.75, 3.05) is 25.0 Å². The highest BCUT2D eigenvalue weighted by Gasteiger charge is 2.23. The van der Waals surface area contributed by atoms with Gasteiger partial charge in [0, 0.05) is 18.7 Å². The summed E-state index contributed by atoms with van der Waals surface area (Å²) in [7, 11) is 0. The molecule has 0 aromatic heterocycles. The molecule has 1 aliphatic rings. The molecule has 1 aromatic rings. The third-order valence-electron chi connectivity index (χ3n) is 3.89. The molecule has 0 aliphatic carbocycles. The molecule has 4 nitrogen and oxygen atoms in total. The Hall–Kier alpha value is -1.68. The van der Waals surface area contributed by atoms with Crippen molar-refractivity contribution in [3.63, 3.8) is 0 Å². The van der Waals surface area contributed by atoms with E-state index in [1.807, 2.05) is 6.07 Å². The van der Waals surface area contributed by atoms with Crippen LogP contribution in [-0.2, 0) is 4.79 Å². The minimum Gasteiger partial charge on any atom is -0.324 e. The van der Waals surface area contributed by atoms with Gasteiger partial charge in [-0.1, -0.05) is 26.0 Å². The van der Waals surface area contributed by atoms with Crippen LogP contribution in [0.5, 0.6) is 0 Å². The lowest BCUT2D eigenvalue weighted by Crippen LogP contribution is -2.42. The molecule has 1 amide bonds. The van der Waals surface area contributed by atoms with Crippen molar-refractivity contribution in [3.05, 3.63) is 29.8 Å². The number of Topliss-reactive ketones (excluding diaryl/α,β-unsaturated/α-hetero) is 1. The Morgan fingerprint density at radius 1 is 1.19 bits per heavy atom. The minimum absolute atomic E-state index is 0.0360. The lowest BCUT2D eigenvalue weighted by Gasteiger charge is -2.34. The van der Waals surface area contributed by atoms with Crippen molar-refractivity contribution in [1.29, 1.82) is 0 Å². The molecule has 2 atom stereocenters. The summed E-state index contributed by atoms with van der Waals surface area (Å²) in [6, 6.07) is 7.15. The Kier molecular flexibility index (Phi) is 5.12. The lowest BCUT2D eigenvalue weighted by molar-refractivity contribution is -0.117. The molecule has 0 spiro atoms. The Morgan fingerprint density at radius 3 is 2.43 bits per heavy atom. The predicted molar refractivity (Wildman–Crippen MR) is 84.5 cm³/mol. The number of amides is 1. The van der Waals surface area contributed by atoms with Crippen LogP contribution in [0, 0.1) is 11.8 Å². The number of hydrogen-bond donors (Lipinski definition) is 1. The van der Waals surface area contributed by atoms with Gasteiger partial charge >= 0.3 is 0 Å². The number of carbonyl (C=O) groups excluding carboxylic acids is 2. The highest BCUT2D eigenvalue weighted by atomic mass is 16.2. The Balaban J connectivity index is 1.97. The number of para-hydroxylation sites is 1. The summed E-state index contributed by atoms with van der Waals surface area (Å²) < 4.78 is 0. The molecule has 4 heteroatoms. The number of piperidine rings is 1. The number of nitrogens with zero attached hydrogens (tertiary/aromatic N) is 1. The van der Waals surface area contributed by atoms with Crippen LogP contribution in [0.2, 0.25) is 0 Å². The molecule has 114 valence electrons. The van der Waals surface area contributed by atoms with E-state index in [2.05, 4.69) is 24.1 Å². The van der Waals surface area contributed by atoms with Crippen molar-refractivity contribution < 1.29 is 9.59 Å². The topological polar surface area (TPSA) is 49.4 Å². The van der Waals surface area contributed by atoms with E-state index in [0.29, 0.717) is 29.6 Å². The predicted octanol–water partition coefficient (Wildman–Crippen LogP) is 2.81. The maximum absolute atomic E-state index is 12.2. The van der Waals surface area contributed by atoms with Crippen LogP contribution in [-0.4, -0.2) is 36.2 Å². The van der Waals surface area contributed by atoms with E-state index in [9.17, 15) is 9.59 Å². The van der Waals surface area contributed by atoms with Gasteiger partial charge in [0.1, 0.15) is 0 Å². The van der Waals surface area contributed by atoms with Crippen LogP contribution < -0.4 is 5.32 Å². The summed E-state index contributed by atoms with van der Waals surface area (Å²) >= 11 is 0. The molecular formula is C17H24N2O2. The maximum atomic E-state index is 12.2. The summed E-state index contributed by atoms with van der Waals surface area (Å²) in [6.45, 7) is 8.29. The van der Waals surface area contributed by atoms with Crippen LogP contribution in [0.1, 0.15) is 37.6 Å². The summed E-state index contributed by atoms with van der Waals surface area (Å²) in [4.78, 5) is 26.0. The Bertz CT molecular complexity index is 517. The molecule has 1 aliphatic heterocycles. The minimum atomic E-state index is -0.0509. The highest BCUT2D eigenvalue weighted by Crippen LogP contribution is 2.21.